The summed E-state index contributed by atoms with van der Waals surface area (Å²) in [5, 5.41) is 2.36. The summed E-state index contributed by atoms with van der Waals surface area (Å²) >= 11 is 0. The number of rotatable bonds is 4. The van der Waals surface area contributed by atoms with Gasteiger partial charge < -0.3 is 19.3 Å². The number of aromatic nitrogens is 2. The lowest BCUT2D eigenvalue weighted by atomic mass is 9.95. The van der Waals surface area contributed by atoms with Crippen LogP contribution in [0.15, 0.2) is 55.0 Å². The molecule has 2 aliphatic rings. The predicted molar refractivity (Wildman–Crippen MR) is 123 cm³/mol. The summed E-state index contributed by atoms with van der Waals surface area (Å²) in [4.78, 5) is 26.3. The number of benzene rings is 1. The average molecular weight is 433 g/mol. The summed E-state index contributed by atoms with van der Waals surface area (Å²) in [6.45, 7) is 5.45. The van der Waals surface area contributed by atoms with Crippen molar-refractivity contribution in [3.8, 4) is 0 Å². The van der Waals surface area contributed by atoms with Crippen LogP contribution in [0.1, 0.15) is 15.9 Å². The molecule has 2 aliphatic heterocycles. The van der Waals surface area contributed by atoms with Crippen molar-refractivity contribution in [2.45, 2.75) is 6.42 Å². The van der Waals surface area contributed by atoms with Crippen LogP contribution in [0.25, 0.3) is 10.8 Å². The second-order valence-corrected chi connectivity index (χ2v) is 8.41. The van der Waals surface area contributed by atoms with Gasteiger partial charge in [0.1, 0.15) is 5.82 Å². The number of fused-ring (bicyclic) bond motifs is 1. The van der Waals surface area contributed by atoms with Crippen molar-refractivity contribution in [1.82, 2.24) is 14.9 Å². The van der Waals surface area contributed by atoms with Crippen molar-refractivity contribution in [2.24, 2.45) is 5.92 Å². The first-order valence-electron chi connectivity index (χ1n) is 11.3. The Hall–Kier alpha value is -3.03. The van der Waals surface area contributed by atoms with Gasteiger partial charge in [-0.1, -0.05) is 18.2 Å². The largest absolute Gasteiger partial charge is 0.379 e. The van der Waals surface area contributed by atoms with E-state index in [2.05, 4.69) is 33.1 Å². The Morgan fingerprint density at radius 2 is 1.91 bits per heavy atom. The highest BCUT2D eigenvalue weighted by Gasteiger charge is 2.25. The summed E-state index contributed by atoms with van der Waals surface area (Å²) < 4.78 is 11.3. The van der Waals surface area contributed by atoms with E-state index < -0.39 is 0 Å². The zero-order valence-corrected chi connectivity index (χ0v) is 18.2. The SMILES string of the molecule is O=C(c1ccnc(N2CCOCC2)c1)N1CCOC[C@H](Cc2cccc3ccncc23)C1. The van der Waals surface area contributed by atoms with Gasteiger partial charge in [-0.3, -0.25) is 9.78 Å². The Morgan fingerprint density at radius 1 is 1.03 bits per heavy atom. The second-order valence-electron chi connectivity index (χ2n) is 8.41. The van der Waals surface area contributed by atoms with Gasteiger partial charge in [0.25, 0.3) is 5.91 Å². The minimum absolute atomic E-state index is 0.0389. The molecule has 2 saturated heterocycles. The van der Waals surface area contributed by atoms with Crippen LogP contribution in [0.4, 0.5) is 5.82 Å². The molecule has 32 heavy (non-hydrogen) atoms. The Kier molecular flexibility index (Phi) is 6.27. The zero-order valence-electron chi connectivity index (χ0n) is 18.2. The smallest absolute Gasteiger partial charge is 0.254 e. The highest BCUT2D eigenvalue weighted by atomic mass is 16.5. The lowest BCUT2D eigenvalue weighted by Gasteiger charge is -2.28. The molecule has 4 heterocycles. The summed E-state index contributed by atoms with van der Waals surface area (Å²) in [6.07, 6.45) is 6.32. The van der Waals surface area contributed by atoms with Crippen molar-refractivity contribution in [3.63, 3.8) is 0 Å². The van der Waals surface area contributed by atoms with E-state index in [4.69, 9.17) is 9.47 Å². The number of hydrogen-bond donors (Lipinski definition) is 0. The van der Waals surface area contributed by atoms with Crippen LogP contribution in [0.3, 0.4) is 0 Å². The molecule has 2 aromatic heterocycles. The van der Waals surface area contributed by atoms with Crippen LogP contribution in [-0.4, -0.2) is 73.4 Å². The van der Waals surface area contributed by atoms with Crippen LogP contribution in [0, 0.1) is 5.92 Å². The Balaban J connectivity index is 1.32. The third-order valence-electron chi connectivity index (χ3n) is 6.23. The van der Waals surface area contributed by atoms with E-state index in [0.717, 1.165) is 25.3 Å². The summed E-state index contributed by atoms with van der Waals surface area (Å²) in [5.74, 6) is 1.11. The minimum atomic E-state index is 0.0389. The molecule has 0 saturated carbocycles. The molecule has 1 amide bonds. The Labute approximate surface area is 188 Å². The molecule has 1 atom stereocenters. The number of morpholine rings is 1. The molecule has 7 heteroatoms. The first-order chi connectivity index (χ1) is 15.8. The molecule has 0 aliphatic carbocycles. The number of nitrogens with zero attached hydrogens (tertiary/aromatic N) is 4. The van der Waals surface area contributed by atoms with E-state index in [1.165, 1.54) is 16.3 Å². The fourth-order valence-corrected chi connectivity index (χ4v) is 4.55. The minimum Gasteiger partial charge on any atom is -0.379 e. The third kappa shape index (κ3) is 4.59. The number of ether oxygens (including phenoxy) is 2. The van der Waals surface area contributed by atoms with Gasteiger partial charge in [-0.05, 0) is 35.6 Å². The fraction of sp³-hybridized carbons (Fsp3) is 0.400. The van der Waals surface area contributed by atoms with Crippen LogP contribution >= 0.6 is 0 Å². The summed E-state index contributed by atoms with van der Waals surface area (Å²) in [5.41, 5.74) is 1.92. The van der Waals surface area contributed by atoms with Crippen LogP contribution in [0.2, 0.25) is 0 Å². The van der Waals surface area contributed by atoms with Gasteiger partial charge in [-0.2, -0.15) is 0 Å². The molecule has 166 valence electrons. The molecule has 0 radical (unpaired) electrons. The molecule has 2 fully saturated rings. The van der Waals surface area contributed by atoms with Gasteiger partial charge in [-0.25, -0.2) is 4.98 Å². The van der Waals surface area contributed by atoms with Crippen LogP contribution in [0.5, 0.6) is 0 Å². The van der Waals surface area contributed by atoms with Crippen LogP contribution in [-0.2, 0) is 15.9 Å². The fourth-order valence-electron chi connectivity index (χ4n) is 4.55. The van der Waals surface area contributed by atoms with Gasteiger partial charge in [0.15, 0.2) is 0 Å². The van der Waals surface area contributed by atoms with Gasteiger partial charge >= 0.3 is 0 Å². The summed E-state index contributed by atoms with van der Waals surface area (Å²) in [7, 11) is 0. The van der Waals surface area contributed by atoms with Crippen LogP contribution < -0.4 is 4.90 Å². The first kappa shape index (κ1) is 20.8. The number of pyridine rings is 2. The highest BCUT2D eigenvalue weighted by molar-refractivity contribution is 5.95. The second kappa shape index (κ2) is 9.63. The highest BCUT2D eigenvalue weighted by Crippen LogP contribution is 2.23. The molecule has 7 nitrogen and oxygen atoms in total. The van der Waals surface area contributed by atoms with E-state index in [1.54, 1.807) is 6.20 Å². The summed E-state index contributed by atoms with van der Waals surface area (Å²) in [6, 6.07) is 12.1. The molecular weight excluding hydrogens is 404 g/mol. The number of amides is 1. The molecule has 5 rings (SSSR count). The van der Waals surface area contributed by atoms with E-state index >= 15 is 0 Å². The third-order valence-corrected chi connectivity index (χ3v) is 6.23. The lowest BCUT2D eigenvalue weighted by Crippen LogP contribution is -2.38. The van der Waals surface area contributed by atoms with Crippen molar-refractivity contribution in [1.29, 1.82) is 0 Å². The monoisotopic (exact) mass is 432 g/mol. The molecule has 1 aromatic carbocycles. The lowest BCUT2D eigenvalue weighted by molar-refractivity contribution is 0.0737. The van der Waals surface area contributed by atoms with Gasteiger partial charge in [0.05, 0.1) is 26.4 Å². The van der Waals surface area contributed by atoms with E-state index in [9.17, 15) is 4.79 Å². The number of carbonyl (C=O) groups is 1. The topological polar surface area (TPSA) is 67.8 Å². The first-order valence-corrected chi connectivity index (χ1v) is 11.3. The van der Waals surface area contributed by atoms with Crippen molar-refractivity contribution >= 4 is 22.5 Å². The molecular formula is C25H28N4O3. The van der Waals surface area contributed by atoms with E-state index in [1.807, 2.05) is 35.5 Å². The Morgan fingerprint density at radius 3 is 2.81 bits per heavy atom. The Bertz CT molecular complexity index is 1080. The standard InChI is InChI=1S/C25H28N4O3/c30-25(22-5-7-27-24(15-22)28-8-11-31-12-9-28)29-10-13-32-18-19(17-29)14-21-3-1-2-20-4-6-26-16-23(20)21/h1-7,15-16,19H,8-14,17-18H2/t19-/m1/s1. The van der Waals surface area contributed by atoms with Gasteiger partial charge in [-0.15, -0.1) is 0 Å². The quantitative estimate of drug-likeness (QED) is 0.632. The van der Waals surface area contributed by atoms with Crippen molar-refractivity contribution < 1.29 is 14.3 Å². The molecule has 0 spiro atoms. The van der Waals surface area contributed by atoms with Gasteiger partial charge in [0, 0.05) is 61.6 Å². The predicted octanol–water partition coefficient (Wildman–Crippen LogP) is 2.80. The maximum Gasteiger partial charge on any atom is 0.254 e. The average Bonchev–Trinajstić information content (AvgIpc) is 3.10. The normalized spacial score (nSPS) is 19.7. The number of hydrogen-bond acceptors (Lipinski definition) is 6. The maximum atomic E-state index is 13.4. The van der Waals surface area contributed by atoms with Crippen molar-refractivity contribution in [3.05, 3.63) is 66.1 Å². The van der Waals surface area contributed by atoms with E-state index in [-0.39, 0.29) is 11.8 Å². The molecule has 3 aromatic rings. The maximum absolute atomic E-state index is 13.4. The zero-order chi connectivity index (χ0) is 21.8. The number of carbonyl (C=O) groups excluding carboxylic acids is 1. The molecule has 0 bridgehead atoms. The molecule has 0 N–H and O–H groups in total. The number of anilines is 1. The van der Waals surface area contributed by atoms with E-state index in [0.29, 0.717) is 45.1 Å². The molecule has 0 unspecified atom stereocenters. The van der Waals surface area contributed by atoms with Crippen molar-refractivity contribution in [2.75, 3.05) is 57.5 Å². The van der Waals surface area contributed by atoms with Gasteiger partial charge in [0.2, 0.25) is 0 Å².